The van der Waals surface area contributed by atoms with Crippen molar-refractivity contribution in [1.29, 1.82) is 0 Å². The highest BCUT2D eigenvalue weighted by Crippen LogP contribution is 2.50. The van der Waals surface area contributed by atoms with E-state index in [1.54, 1.807) is 0 Å². The molecule has 0 spiro atoms. The molecule has 2 bridgehead atoms. The normalized spacial score (nSPS) is 30.8. The van der Waals surface area contributed by atoms with Crippen LogP contribution in [0.15, 0.2) is 47.8 Å². The summed E-state index contributed by atoms with van der Waals surface area (Å²) in [5, 5.41) is 17.3. The Morgan fingerprint density at radius 1 is 1.17 bits per heavy atom. The maximum Gasteiger partial charge on any atom is 0.344 e. The van der Waals surface area contributed by atoms with Crippen molar-refractivity contribution >= 4 is 17.3 Å². The van der Waals surface area contributed by atoms with E-state index in [4.69, 9.17) is 4.74 Å². The highest BCUT2D eigenvalue weighted by molar-refractivity contribution is 7.10. The largest absolute Gasteiger partial charge is 0.459 e. The first kappa shape index (κ1) is 20.2. The van der Waals surface area contributed by atoms with E-state index >= 15 is 0 Å². The number of ether oxygens (including phenoxy) is 1. The van der Waals surface area contributed by atoms with Gasteiger partial charge < -0.3 is 15.2 Å². The summed E-state index contributed by atoms with van der Waals surface area (Å²) in [4.78, 5) is 14.4. The second kappa shape index (κ2) is 8.10. The van der Waals surface area contributed by atoms with Gasteiger partial charge in [-0.25, -0.2) is 4.79 Å². The van der Waals surface area contributed by atoms with Crippen LogP contribution in [0.2, 0.25) is 0 Å². The van der Waals surface area contributed by atoms with Crippen LogP contribution >= 0.6 is 11.3 Å². The molecule has 2 aromatic rings. The Balaban J connectivity index is 1.43. The minimum absolute atomic E-state index is 0.0481. The van der Waals surface area contributed by atoms with Crippen LogP contribution in [0.1, 0.15) is 49.0 Å². The van der Waals surface area contributed by atoms with Crippen LogP contribution in [0.3, 0.4) is 0 Å². The first-order valence-corrected chi connectivity index (χ1v) is 12.2. The summed E-state index contributed by atoms with van der Waals surface area (Å²) in [5.74, 6) is -0.149. The molecule has 4 nitrogen and oxygen atoms in total. The van der Waals surface area contributed by atoms with Crippen molar-refractivity contribution in [1.82, 2.24) is 5.32 Å². The number of hydrogen-bond donors (Lipinski definition) is 2. The molecule has 0 radical (unpaired) electrons. The summed E-state index contributed by atoms with van der Waals surface area (Å²) in [6.07, 6.45) is 6.79. The molecule has 1 saturated heterocycles. The van der Waals surface area contributed by atoms with Crippen molar-refractivity contribution in [2.45, 2.75) is 56.7 Å². The van der Waals surface area contributed by atoms with E-state index in [1.807, 2.05) is 23.6 Å². The fraction of sp³-hybridized carbons (Fsp3) is 0.560. The molecule has 1 aliphatic heterocycles. The fourth-order valence-electron chi connectivity index (χ4n) is 6.16. The molecular formula is C25H31NO3S. The van der Waals surface area contributed by atoms with E-state index in [0.717, 1.165) is 62.9 Å². The molecule has 0 amide bonds. The summed E-state index contributed by atoms with van der Waals surface area (Å²) >= 11 is 1.46. The van der Waals surface area contributed by atoms with Crippen LogP contribution in [0.4, 0.5) is 0 Å². The number of esters is 1. The summed E-state index contributed by atoms with van der Waals surface area (Å²) in [6, 6.07) is 14.3. The van der Waals surface area contributed by atoms with Crippen molar-refractivity contribution in [3.63, 3.8) is 0 Å². The van der Waals surface area contributed by atoms with Gasteiger partial charge in [0.15, 0.2) is 5.60 Å². The number of carbonyl (C=O) groups is 1. The smallest absolute Gasteiger partial charge is 0.344 e. The second-order valence-electron chi connectivity index (χ2n) is 9.51. The van der Waals surface area contributed by atoms with Gasteiger partial charge in [-0.1, -0.05) is 49.2 Å². The van der Waals surface area contributed by atoms with Gasteiger partial charge in [-0.05, 0) is 49.1 Å². The summed E-state index contributed by atoms with van der Waals surface area (Å²) < 4.78 is 6.33. The number of piperidine rings is 1. The minimum Gasteiger partial charge on any atom is -0.459 e. The predicted molar refractivity (Wildman–Crippen MR) is 118 cm³/mol. The summed E-state index contributed by atoms with van der Waals surface area (Å²) in [5.41, 5.74) is -0.318. The Morgan fingerprint density at radius 2 is 1.97 bits per heavy atom. The van der Waals surface area contributed by atoms with Crippen LogP contribution in [0, 0.1) is 17.3 Å². The number of aliphatic hydroxyl groups is 1. The molecular weight excluding hydrogens is 394 g/mol. The fourth-order valence-corrected chi connectivity index (χ4v) is 7.05. The lowest BCUT2D eigenvalue weighted by atomic mass is 9.75. The maximum absolute atomic E-state index is 13.6. The first-order valence-electron chi connectivity index (χ1n) is 11.3. The van der Waals surface area contributed by atoms with E-state index in [1.165, 1.54) is 16.9 Å². The van der Waals surface area contributed by atoms with Crippen molar-refractivity contribution in [2.24, 2.45) is 17.3 Å². The van der Waals surface area contributed by atoms with Crippen molar-refractivity contribution < 1.29 is 14.6 Å². The number of fused-ring (bicyclic) bond motifs is 2. The molecule has 1 aromatic carbocycles. The Bertz CT molecular complexity index is 860. The van der Waals surface area contributed by atoms with Crippen LogP contribution in [-0.2, 0) is 21.6 Å². The Kier molecular flexibility index (Phi) is 5.46. The zero-order valence-electron chi connectivity index (χ0n) is 17.4. The number of carbonyl (C=O) groups excluding carboxylic acids is 1. The van der Waals surface area contributed by atoms with Gasteiger partial charge in [-0.3, -0.25) is 0 Å². The van der Waals surface area contributed by atoms with E-state index < -0.39 is 11.6 Å². The lowest BCUT2D eigenvalue weighted by Crippen LogP contribution is -2.55. The van der Waals surface area contributed by atoms with Crippen LogP contribution in [0.5, 0.6) is 0 Å². The predicted octanol–water partition coefficient (Wildman–Crippen LogP) is 4.28. The molecule has 2 aliphatic carbocycles. The minimum atomic E-state index is -1.51. The molecule has 2 saturated carbocycles. The third-order valence-electron chi connectivity index (χ3n) is 7.72. The van der Waals surface area contributed by atoms with Crippen LogP contribution < -0.4 is 5.32 Å². The van der Waals surface area contributed by atoms with Gasteiger partial charge in [0.25, 0.3) is 0 Å². The maximum atomic E-state index is 13.6. The van der Waals surface area contributed by atoms with Crippen molar-refractivity contribution in [3.8, 4) is 0 Å². The Morgan fingerprint density at radius 3 is 2.70 bits per heavy atom. The van der Waals surface area contributed by atoms with Gasteiger partial charge >= 0.3 is 5.97 Å². The molecule has 3 fully saturated rings. The van der Waals surface area contributed by atoms with E-state index in [9.17, 15) is 9.90 Å². The molecule has 160 valence electrons. The Hall–Kier alpha value is -1.69. The number of hydrogen-bond acceptors (Lipinski definition) is 5. The van der Waals surface area contributed by atoms with Gasteiger partial charge in [0, 0.05) is 35.2 Å². The molecule has 1 aromatic heterocycles. The van der Waals surface area contributed by atoms with E-state index in [-0.39, 0.29) is 17.4 Å². The summed E-state index contributed by atoms with van der Waals surface area (Å²) in [6.45, 7) is 1.74. The van der Waals surface area contributed by atoms with Crippen LogP contribution in [-0.4, -0.2) is 30.3 Å². The quantitative estimate of drug-likeness (QED) is 0.678. The zero-order chi connectivity index (χ0) is 20.6. The average Bonchev–Trinajstić information content (AvgIpc) is 3.51. The highest BCUT2D eigenvalue weighted by Gasteiger charge is 2.56. The molecule has 2 heterocycles. The number of thiophene rings is 1. The third-order valence-corrected chi connectivity index (χ3v) is 8.71. The highest BCUT2D eigenvalue weighted by atomic mass is 32.1. The third kappa shape index (κ3) is 3.41. The van der Waals surface area contributed by atoms with Gasteiger partial charge in [0.05, 0.1) is 0 Å². The SMILES string of the molecule is O=C(OC1C2CCC1(Cc1ccccc1)CNC2)C(O)(c1cccs1)C1CCCC1. The first-order chi connectivity index (χ1) is 14.6. The molecule has 4 unspecified atom stereocenters. The number of rotatable bonds is 6. The molecule has 5 rings (SSSR count). The number of nitrogens with one attached hydrogen (secondary N) is 1. The topological polar surface area (TPSA) is 58.6 Å². The Labute approximate surface area is 182 Å². The number of benzene rings is 1. The monoisotopic (exact) mass is 425 g/mol. The van der Waals surface area contributed by atoms with Gasteiger partial charge in [0.1, 0.15) is 6.10 Å². The van der Waals surface area contributed by atoms with Crippen molar-refractivity contribution in [3.05, 3.63) is 58.3 Å². The molecule has 4 atom stereocenters. The summed E-state index contributed by atoms with van der Waals surface area (Å²) in [7, 11) is 0. The van der Waals surface area contributed by atoms with Crippen LogP contribution in [0.25, 0.3) is 0 Å². The average molecular weight is 426 g/mol. The second-order valence-corrected chi connectivity index (χ2v) is 10.5. The van der Waals surface area contributed by atoms with E-state index in [2.05, 4.69) is 29.6 Å². The lowest BCUT2D eigenvalue weighted by molar-refractivity contribution is -0.188. The molecule has 2 N–H and O–H groups in total. The van der Waals surface area contributed by atoms with Gasteiger partial charge in [0.2, 0.25) is 0 Å². The zero-order valence-corrected chi connectivity index (χ0v) is 18.2. The standard InChI is InChI=1S/C25H31NO3S/c27-23(25(28,20-9-4-5-10-20)21-11-6-14-30-21)29-22-19-12-13-24(22,17-26-16-19)15-18-7-2-1-3-8-18/h1-3,6-8,11,14,19-20,22,26,28H,4-5,9-10,12-13,15-17H2. The van der Waals surface area contributed by atoms with Gasteiger partial charge in [-0.15, -0.1) is 11.3 Å². The lowest BCUT2D eigenvalue weighted by Gasteiger charge is -2.43. The van der Waals surface area contributed by atoms with Crippen molar-refractivity contribution in [2.75, 3.05) is 13.1 Å². The molecule has 5 heteroatoms. The van der Waals surface area contributed by atoms with E-state index in [0.29, 0.717) is 5.92 Å². The van der Waals surface area contributed by atoms with Gasteiger partial charge in [-0.2, -0.15) is 0 Å². The molecule has 30 heavy (non-hydrogen) atoms. The molecule has 3 aliphatic rings.